The molecule has 4 heteroatoms. The third-order valence-corrected chi connectivity index (χ3v) is 2.51. The summed E-state index contributed by atoms with van der Waals surface area (Å²) < 4.78 is 0. The zero-order chi connectivity index (χ0) is 9.84. The third-order valence-electron chi connectivity index (χ3n) is 2.51. The van der Waals surface area contributed by atoms with E-state index in [9.17, 15) is 9.59 Å². The van der Waals surface area contributed by atoms with Gasteiger partial charge in [0, 0.05) is 18.9 Å². The van der Waals surface area contributed by atoms with Crippen LogP contribution in [0.3, 0.4) is 0 Å². The molecule has 0 aromatic heterocycles. The first-order valence-corrected chi connectivity index (χ1v) is 4.62. The van der Waals surface area contributed by atoms with Crippen LogP contribution in [0.2, 0.25) is 0 Å². The summed E-state index contributed by atoms with van der Waals surface area (Å²) in [5.74, 6) is -0.563. The molecule has 0 saturated heterocycles. The molecule has 0 spiro atoms. The largest absolute Gasteiger partial charge is 0.354 e. The SMILES string of the molecule is CC(=O)N[C@H]1CC[C@@H](C([NH])=O)CC1. The lowest BCUT2D eigenvalue weighted by Crippen LogP contribution is -2.37. The van der Waals surface area contributed by atoms with Gasteiger partial charge in [-0.3, -0.25) is 15.3 Å². The van der Waals surface area contributed by atoms with Crippen molar-refractivity contribution < 1.29 is 9.59 Å². The van der Waals surface area contributed by atoms with Crippen molar-refractivity contribution >= 4 is 11.8 Å². The maximum Gasteiger partial charge on any atom is 0.241 e. The summed E-state index contributed by atoms with van der Waals surface area (Å²) in [4.78, 5) is 21.4. The highest BCUT2D eigenvalue weighted by atomic mass is 16.1. The molecule has 0 unspecified atom stereocenters. The lowest BCUT2D eigenvalue weighted by atomic mass is 9.85. The fourth-order valence-electron chi connectivity index (χ4n) is 1.79. The number of carbonyl (C=O) groups excluding carboxylic acids is 2. The Hall–Kier alpha value is -1.06. The second kappa shape index (κ2) is 4.25. The topological polar surface area (TPSA) is 70.0 Å². The summed E-state index contributed by atoms with van der Waals surface area (Å²) >= 11 is 0. The van der Waals surface area contributed by atoms with Gasteiger partial charge in [-0.15, -0.1) is 0 Å². The Labute approximate surface area is 77.9 Å². The molecule has 1 radical (unpaired) electrons. The molecule has 2 N–H and O–H groups in total. The van der Waals surface area contributed by atoms with Crippen LogP contribution in [-0.2, 0) is 9.59 Å². The lowest BCUT2D eigenvalue weighted by molar-refractivity contribution is -0.123. The van der Waals surface area contributed by atoms with E-state index < -0.39 is 5.91 Å². The van der Waals surface area contributed by atoms with Gasteiger partial charge in [0.05, 0.1) is 0 Å². The Morgan fingerprint density at radius 1 is 1.23 bits per heavy atom. The maximum absolute atomic E-state index is 10.7. The van der Waals surface area contributed by atoms with Gasteiger partial charge in [-0.2, -0.15) is 0 Å². The summed E-state index contributed by atoms with van der Waals surface area (Å²) in [5.41, 5.74) is 6.95. The van der Waals surface area contributed by atoms with Crippen LogP contribution >= 0.6 is 0 Å². The fourth-order valence-corrected chi connectivity index (χ4v) is 1.79. The molecule has 0 heterocycles. The predicted octanol–water partition coefficient (Wildman–Crippen LogP) is 0.491. The monoisotopic (exact) mass is 183 g/mol. The summed E-state index contributed by atoms with van der Waals surface area (Å²) in [6, 6.07) is 0.216. The summed E-state index contributed by atoms with van der Waals surface area (Å²) in [5, 5.41) is 2.83. The molecule has 73 valence electrons. The van der Waals surface area contributed by atoms with Crippen molar-refractivity contribution in [3.05, 3.63) is 0 Å². The Bertz CT molecular complexity index is 208. The minimum Gasteiger partial charge on any atom is -0.354 e. The van der Waals surface area contributed by atoms with Gasteiger partial charge in [0.15, 0.2) is 0 Å². The van der Waals surface area contributed by atoms with E-state index in [-0.39, 0.29) is 17.9 Å². The standard InChI is InChI=1S/C9H15N2O2/c1-6(12)11-8-4-2-7(3-5-8)9(10)13/h7-8,10H,2-5H2,1H3,(H,11,12)/t7-,8+. The zero-order valence-electron chi connectivity index (χ0n) is 7.80. The first-order valence-electron chi connectivity index (χ1n) is 4.62. The van der Waals surface area contributed by atoms with Crippen LogP contribution in [0.15, 0.2) is 0 Å². The van der Waals surface area contributed by atoms with E-state index in [0.29, 0.717) is 0 Å². The molecular formula is C9H15N2O2. The van der Waals surface area contributed by atoms with Crippen LogP contribution in [0.25, 0.3) is 0 Å². The van der Waals surface area contributed by atoms with Crippen molar-refractivity contribution in [3.63, 3.8) is 0 Å². The molecule has 0 aromatic rings. The molecule has 1 fully saturated rings. The van der Waals surface area contributed by atoms with Gasteiger partial charge in [-0.05, 0) is 25.7 Å². The minimum atomic E-state index is -0.457. The molecule has 1 rings (SSSR count). The highest BCUT2D eigenvalue weighted by Crippen LogP contribution is 2.23. The van der Waals surface area contributed by atoms with Crippen molar-refractivity contribution in [2.45, 2.75) is 38.6 Å². The Kier molecular flexibility index (Phi) is 3.28. The maximum atomic E-state index is 10.7. The van der Waals surface area contributed by atoms with Crippen LogP contribution in [0.1, 0.15) is 32.6 Å². The second-order valence-corrected chi connectivity index (χ2v) is 3.61. The molecular weight excluding hydrogens is 168 g/mol. The van der Waals surface area contributed by atoms with E-state index in [0.717, 1.165) is 25.7 Å². The molecule has 1 aliphatic carbocycles. The minimum absolute atomic E-state index is 0.0133. The number of hydrogen-bond acceptors (Lipinski definition) is 2. The quantitative estimate of drug-likeness (QED) is 0.676. The average Bonchev–Trinajstić information content (AvgIpc) is 2.04. The van der Waals surface area contributed by atoms with Gasteiger partial charge in [0.2, 0.25) is 11.8 Å². The summed E-state index contributed by atoms with van der Waals surface area (Å²) in [6.07, 6.45) is 3.14. The molecule has 0 aromatic carbocycles. The molecule has 1 saturated carbocycles. The second-order valence-electron chi connectivity index (χ2n) is 3.61. The number of carbonyl (C=O) groups is 2. The lowest BCUT2D eigenvalue weighted by Gasteiger charge is -2.26. The van der Waals surface area contributed by atoms with Gasteiger partial charge in [0.25, 0.3) is 0 Å². The van der Waals surface area contributed by atoms with Gasteiger partial charge in [0.1, 0.15) is 0 Å². The number of nitrogens with one attached hydrogen (secondary N) is 2. The first-order chi connectivity index (χ1) is 6.09. The first kappa shape index (κ1) is 10.0. The van der Waals surface area contributed by atoms with Crippen LogP contribution in [0.5, 0.6) is 0 Å². The summed E-state index contributed by atoms with van der Waals surface area (Å²) in [6.45, 7) is 1.50. The van der Waals surface area contributed by atoms with Gasteiger partial charge >= 0.3 is 0 Å². The van der Waals surface area contributed by atoms with E-state index in [2.05, 4.69) is 5.32 Å². The van der Waals surface area contributed by atoms with E-state index >= 15 is 0 Å². The van der Waals surface area contributed by atoms with Crippen molar-refractivity contribution in [2.24, 2.45) is 5.92 Å². The number of rotatable bonds is 2. The van der Waals surface area contributed by atoms with Crippen LogP contribution < -0.4 is 11.1 Å². The third kappa shape index (κ3) is 3.05. The molecule has 0 bridgehead atoms. The van der Waals surface area contributed by atoms with Crippen LogP contribution in [-0.4, -0.2) is 17.9 Å². The normalized spacial score (nSPS) is 28.1. The zero-order valence-corrected chi connectivity index (χ0v) is 7.80. The van der Waals surface area contributed by atoms with Crippen molar-refractivity contribution in [1.29, 1.82) is 0 Å². The number of amides is 2. The predicted molar refractivity (Wildman–Crippen MR) is 47.7 cm³/mol. The average molecular weight is 183 g/mol. The highest BCUT2D eigenvalue weighted by molar-refractivity contribution is 5.76. The van der Waals surface area contributed by atoms with Gasteiger partial charge < -0.3 is 5.32 Å². The molecule has 4 nitrogen and oxygen atoms in total. The summed E-state index contributed by atoms with van der Waals surface area (Å²) in [7, 11) is 0. The van der Waals surface area contributed by atoms with Crippen LogP contribution in [0.4, 0.5) is 0 Å². The van der Waals surface area contributed by atoms with Crippen molar-refractivity contribution in [3.8, 4) is 0 Å². The van der Waals surface area contributed by atoms with Crippen LogP contribution in [0, 0.1) is 5.92 Å². The molecule has 1 aliphatic rings. The van der Waals surface area contributed by atoms with Crippen molar-refractivity contribution in [2.75, 3.05) is 0 Å². The molecule has 13 heavy (non-hydrogen) atoms. The van der Waals surface area contributed by atoms with E-state index in [1.165, 1.54) is 6.92 Å². The van der Waals surface area contributed by atoms with E-state index in [1.54, 1.807) is 0 Å². The van der Waals surface area contributed by atoms with Crippen molar-refractivity contribution in [1.82, 2.24) is 11.1 Å². The number of hydrogen-bond donors (Lipinski definition) is 1. The molecule has 0 aliphatic heterocycles. The molecule has 0 atom stereocenters. The van der Waals surface area contributed by atoms with Gasteiger partial charge in [-0.25, -0.2) is 0 Å². The smallest absolute Gasteiger partial charge is 0.241 e. The Morgan fingerprint density at radius 3 is 2.15 bits per heavy atom. The Balaban J connectivity index is 2.30. The van der Waals surface area contributed by atoms with Gasteiger partial charge in [-0.1, -0.05) is 0 Å². The highest BCUT2D eigenvalue weighted by Gasteiger charge is 2.25. The van der Waals surface area contributed by atoms with E-state index in [1.807, 2.05) is 0 Å². The fraction of sp³-hybridized carbons (Fsp3) is 0.778. The van der Waals surface area contributed by atoms with E-state index in [4.69, 9.17) is 5.73 Å². The Morgan fingerprint density at radius 2 is 1.77 bits per heavy atom. The molecule has 2 amide bonds.